The summed E-state index contributed by atoms with van der Waals surface area (Å²) in [6.07, 6.45) is 3.75. The first-order chi connectivity index (χ1) is 9.94. The number of nitrogens with one attached hydrogen (secondary N) is 1. The van der Waals surface area contributed by atoms with Crippen molar-refractivity contribution in [2.45, 2.75) is 38.1 Å². The molecule has 2 aliphatic rings. The highest BCUT2D eigenvalue weighted by Crippen LogP contribution is 2.47. The number of hydrogen-bond donors (Lipinski definition) is 1. The Labute approximate surface area is 124 Å². The van der Waals surface area contributed by atoms with Crippen molar-refractivity contribution < 1.29 is 17.5 Å². The molecule has 21 heavy (non-hydrogen) atoms. The van der Waals surface area contributed by atoms with Crippen LogP contribution in [0.15, 0.2) is 18.2 Å². The predicted molar refractivity (Wildman–Crippen MR) is 78.1 cm³/mol. The molecule has 0 spiro atoms. The third-order valence-corrected chi connectivity index (χ3v) is 5.60. The Morgan fingerprint density at radius 2 is 2.10 bits per heavy atom. The van der Waals surface area contributed by atoms with Crippen molar-refractivity contribution in [3.05, 3.63) is 29.6 Å². The lowest BCUT2D eigenvalue weighted by molar-refractivity contribution is 0.284. The van der Waals surface area contributed by atoms with Crippen LogP contribution >= 0.6 is 0 Å². The average molecular weight is 313 g/mol. The molecule has 0 amide bonds. The summed E-state index contributed by atoms with van der Waals surface area (Å²) in [5, 5.41) is 0. The fourth-order valence-electron chi connectivity index (χ4n) is 2.35. The van der Waals surface area contributed by atoms with E-state index in [0.717, 1.165) is 31.2 Å². The molecule has 4 nitrogen and oxygen atoms in total. The third kappa shape index (κ3) is 3.37. The average Bonchev–Trinajstić information content (AvgIpc) is 3.33. The molecule has 0 heterocycles. The first-order valence-corrected chi connectivity index (χ1v) is 9.04. The highest BCUT2D eigenvalue weighted by atomic mass is 32.2. The maximum Gasteiger partial charge on any atom is 0.212 e. The smallest absolute Gasteiger partial charge is 0.212 e. The van der Waals surface area contributed by atoms with E-state index < -0.39 is 21.4 Å². The van der Waals surface area contributed by atoms with Gasteiger partial charge in [-0.25, -0.2) is 17.5 Å². The quantitative estimate of drug-likeness (QED) is 0.841. The normalized spacial score (nSPS) is 20.3. The molecule has 1 aromatic carbocycles. The first kappa shape index (κ1) is 14.8. The van der Waals surface area contributed by atoms with E-state index in [4.69, 9.17) is 4.74 Å². The number of hydrogen-bond acceptors (Lipinski definition) is 3. The maximum absolute atomic E-state index is 13.8. The van der Waals surface area contributed by atoms with Gasteiger partial charge in [-0.3, -0.25) is 0 Å². The molecule has 0 atom stereocenters. The van der Waals surface area contributed by atoms with Crippen LogP contribution in [-0.4, -0.2) is 20.8 Å². The zero-order valence-corrected chi connectivity index (χ0v) is 12.9. The summed E-state index contributed by atoms with van der Waals surface area (Å²) in [4.78, 5) is 0. The Balaban J connectivity index is 1.79. The van der Waals surface area contributed by atoms with Crippen LogP contribution in [0.3, 0.4) is 0 Å². The van der Waals surface area contributed by atoms with Gasteiger partial charge in [0, 0.05) is 0 Å². The van der Waals surface area contributed by atoms with Crippen LogP contribution in [-0.2, 0) is 15.6 Å². The zero-order chi connectivity index (χ0) is 15.1. The number of halogens is 1. The van der Waals surface area contributed by atoms with Gasteiger partial charge < -0.3 is 4.74 Å². The van der Waals surface area contributed by atoms with Gasteiger partial charge in [-0.15, -0.1) is 0 Å². The molecular formula is C15H20FNO3S. The molecule has 0 radical (unpaired) electrons. The van der Waals surface area contributed by atoms with Crippen LogP contribution in [0.25, 0.3) is 0 Å². The van der Waals surface area contributed by atoms with Gasteiger partial charge >= 0.3 is 0 Å². The van der Waals surface area contributed by atoms with Crippen LogP contribution in [0.4, 0.5) is 4.39 Å². The summed E-state index contributed by atoms with van der Waals surface area (Å²) >= 11 is 0. The summed E-state index contributed by atoms with van der Waals surface area (Å²) in [6.45, 7) is 2.14. The van der Waals surface area contributed by atoms with E-state index in [9.17, 15) is 12.8 Å². The topological polar surface area (TPSA) is 55.4 Å². The molecule has 116 valence electrons. The van der Waals surface area contributed by atoms with Crippen molar-refractivity contribution in [1.29, 1.82) is 0 Å². The van der Waals surface area contributed by atoms with Gasteiger partial charge in [0.2, 0.25) is 10.0 Å². The Bertz CT molecular complexity index is 636. The van der Waals surface area contributed by atoms with Crippen molar-refractivity contribution in [3.8, 4) is 5.75 Å². The van der Waals surface area contributed by atoms with Crippen LogP contribution in [0.5, 0.6) is 5.75 Å². The van der Waals surface area contributed by atoms with Crippen LogP contribution in [0.1, 0.15) is 38.2 Å². The second-order valence-corrected chi connectivity index (χ2v) is 8.00. The van der Waals surface area contributed by atoms with E-state index in [2.05, 4.69) is 4.72 Å². The van der Waals surface area contributed by atoms with Crippen LogP contribution in [0, 0.1) is 11.7 Å². The van der Waals surface area contributed by atoms with E-state index in [-0.39, 0.29) is 11.5 Å². The van der Waals surface area contributed by atoms with Gasteiger partial charge in [0.1, 0.15) is 0 Å². The molecule has 1 aromatic rings. The molecule has 2 saturated carbocycles. The summed E-state index contributed by atoms with van der Waals surface area (Å²) in [7, 11) is -3.29. The third-order valence-electron chi connectivity index (χ3n) is 4.14. The Kier molecular flexibility index (Phi) is 3.69. The van der Waals surface area contributed by atoms with Crippen LogP contribution < -0.4 is 9.46 Å². The lowest BCUT2D eigenvalue weighted by Gasteiger charge is -2.18. The Morgan fingerprint density at radius 3 is 2.67 bits per heavy atom. The molecule has 6 heteroatoms. The van der Waals surface area contributed by atoms with Crippen molar-refractivity contribution in [1.82, 2.24) is 4.72 Å². The molecule has 0 aromatic heterocycles. The maximum atomic E-state index is 13.8. The minimum Gasteiger partial charge on any atom is -0.490 e. The van der Waals surface area contributed by atoms with Crippen molar-refractivity contribution in [2.24, 2.45) is 5.92 Å². The molecule has 3 rings (SSSR count). The fraction of sp³-hybridized carbons (Fsp3) is 0.600. The van der Waals surface area contributed by atoms with Crippen molar-refractivity contribution in [2.75, 3.05) is 12.4 Å². The summed E-state index contributed by atoms with van der Waals surface area (Å²) in [5.41, 5.74) is 0.215. The van der Waals surface area contributed by atoms with Gasteiger partial charge in [0.25, 0.3) is 0 Å². The number of ether oxygens (including phenoxy) is 1. The summed E-state index contributed by atoms with van der Waals surface area (Å²) < 4.78 is 45.6. The number of rotatable bonds is 7. The van der Waals surface area contributed by atoms with Gasteiger partial charge in [-0.05, 0) is 56.2 Å². The van der Waals surface area contributed by atoms with E-state index in [1.807, 2.05) is 0 Å². The Hall–Kier alpha value is -1.14. The fourth-order valence-corrected chi connectivity index (χ4v) is 3.41. The minimum atomic E-state index is -3.29. The lowest BCUT2D eigenvalue weighted by Crippen LogP contribution is -2.35. The molecule has 0 bridgehead atoms. The van der Waals surface area contributed by atoms with Gasteiger partial charge in [-0.2, -0.15) is 0 Å². The van der Waals surface area contributed by atoms with Gasteiger partial charge in [0.15, 0.2) is 11.6 Å². The van der Waals surface area contributed by atoms with E-state index in [1.165, 1.54) is 6.07 Å². The van der Waals surface area contributed by atoms with Gasteiger partial charge in [0.05, 0.1) is 17.9 Å². The minimum absolute atomic E-state index is 0.0426. The summed E-state index contributed by atoms with van der Waals surface area (Å²) in [5.74, 6) is 0.414. The van der Waals surface area contributed by atoms with Gasteiger partial charge in [-0.1, -0.05) is 6.07 Å². The lowest BCUT2D eigenvalue weighted by atomic mass is 10.1. The predicted octanol–water partition coefficient (Wildman–Crippen LogP) is 2.54. The molecule has 2 aliphatic carbocycles. The molecular weight excluding hydrogens is 293 g/mol. The second-order valence-electron chi connectivity index (χ2n) is 5.99. The highest BCUT2D eigenvalue weighted by molar-refractivity contribution is 7.89. The largest absolute Gasteiger partial charge is 0.490 e. The molecule has 2 fully saturated rings. The highest BCUT2D eigenvalue weighted by Gasteiger charge is 2.47. The molecule has 0 aliphatic heterocycles. The molecule has 1 N–H and O–H groups in total. The molecule has 0 unspecified atom stereocenters. The Morgan fingerprint density at radius 1 is 1.38 bits per heavy atom. The van der Waals surface area contributed by atoms with E-state index in [0.29, 0.717) is 12.5 Å². The summed E-state index contributed by atoms with van der Waals surface area (Å²) in [6, 6.07) is 4.64. The number of benzene rings is 1. The second kappa shape index (κ2) is 5.25. The van der Waals surface area contributed by atoms with Crippen LogP contribution in [0.2, 0.25) is 0 Å². The van der Waals surface area contributed by atoms with E-state index >= 15 is 0 Å². The monoisotopic (exact) mass is 313 g/mol. The SMILES string of the molecule is CCS(=O)(=O)NC1(c2ccc(F)c(OCC3CC3)c2)CC1. The van der Waals surface area contributed by atoms with Crippen molar-refractivity contribution in [3.63, 3.8) is 0 Å². The first-order valence-electron chi connectivity index (χ1n) is 7.38. The zero-order valence-electron chi connectivity index (χ0n) is 12.1. The number of sulfonamides is 1. The van der Waals surface area contributed by atoms with Crippen molar-refractivity contribution >= 4 is 10.0 Å². The molecule has 0 saturated heterocycles. The standard InChI is InChI=1S/C15H20FNO3S/c1-2-21(18,19)17-15(7-8-15)12-5-6-13(16)14(9-12)20-10-11-3-4-11/h5-6,9,11,17H,2-4,7-8,10H2,1H3. The van der Waals surface area contributed by atoms with E-state index in [1.54, 1.807) is 19.1 Å².